The first-order valence-corrected chi connectivity index (χ1v) is 6.10. The molecule has 0 bridgehead atoms. The summed E-state index contributed by atoms with van der Waals surface area (Å²) in [5.74, 6) is 0.0236. The number of carbonyl (C=O) groups is 1. The molecule has 0 aromatic carbocycles. The predicted octanol–water partition coefficient (Wildman–Crippen LogP) is 1.29. The van der Waals surface area contributed by atoms with Gasteiger partial charge in [0.15, 0.2) is 0 Å². The van der Waals surface area contributed by atoms with Crippen molar-refractivity contribution in [3.8, 4) is 0 Å². The van der Waals surface area contributed by atoms with Crippen LogP contribution in [0.15, 0.2) is 22.9 Å². The van der Waals surface area contributed by atoms with Crippen LogP contribution in [0.5, 0.6) is 0 Å². The Morgan fingerprint density at radius 2 is 2.38 bits per heavy atom. The van der Waals surface area contributed by atoms with Gasteiger partial charge in [-0.25, -0.2) is 4.98 Å². The average molecular weight is 284 g/mol. The van der Waals surface area contributed by atoms with E-state index >= 15 is 0 Å². The first kappa shape index (κ1) is 11.5. The summed E-state index contributed by atoms with van der Waals surface area (Å²) >= 11 is 3.32. The smallest absolute Gasteiger partial charge is 0.236 e. The summed E-state index contributed by atoms with van der Waals surface area (Å²) in [6, 6.07) is 4.24. The minimum absolute atomic E-state index is 0.0236. The number of nitrogens with two attached hydrogens (primary N) is 1. The number of pyridine rings is 1. The number of aromatic nitrogens is 1. The Hall–Kier alpha value is -0.940. The van der Waals surface area contributed by atoms with E-state index in [2.05, 4.69) is 20.9 Å². The zero-order chi connectivity index (χ0) is 11.5. The molecule has 86 valence electrons. The molecule has 1 aromatic heterocycles. The molecular weight excluding hydrogens is 270 g/mol. The van der Waals surface area contributed by atoms with Crippen molar-refractivity contribution in [3.05, 3.63) is 28.5 Å². The fraction of sp³-hybridized carbons (Fsp3) is 0.455. The van der Waals surface area contributed by atoms with E-state index in [0.29, 0.717) is 12.6 Å². The van der Waals surface area contributed by atoms with E-state index in [9.17, 15) is 4.79 Å². The van der Waals surface area contributed by atoms with Crippen LogP contribution < -0.4 is 5.73 Å². The lowest BCUT2D eigenvalue weighted by Crippen LogP contribution is -2.37. The van der Waals surface area contributed by atoms with E-state index in [0.717, 1.165) is 23.0 Å². The van der Waals surface area contributed by atoms with Gasteiger partial charge in [-0.15, -0.1) is 0 Å². The van der Waals surface area contributed by atoms with Crippen LogP contribution in [0.25, 0.3) is 0 Å². The molecule has 5 heteroatoms. The van der Waals surface area contributed by atoms with E-state index in [1.807, 2.05) is 17.0 Å². The summed E-state index contributed by atoms with van der Waals surface area (Å²) in [4.78, 5) is 17.6. The molecule has 1 saturated carbocycles. The molecule has 1 aromatic rings. The Kier molecular flexibility index (Phi) is 3.56. The van der Waals surface area contributed by atoms with Crippen LogP contribution in [0.4, 0.5) is 0 Å². The highest BCUT2D eigenvalue weighted by atomic mass is 79.9. The maximum atomic E-state index is 11.7. The Labute approximate surface area is 103 Å². The highest BCUT2D eigenvalue weighted by Gasteiger charge is 2.31. The van der Waals surface area contributed by atoms with E-state index in [-0.39, 0.29) is 12.5 Å². The molecule has 1 aliphatic rings. The summed E-state index contributed by atoms with van der Waals surface area (Å²) < 4.78 is 0.793. The second-order valence-electron chi connectivity index (χ2n) is 3.94. The van der Waals surface area contributed by atoms with Gasteiger partial charge < -0.3 is 10.6 Å². The predicted molar refractivity (Wildman–Crippen MR) is 64.6 cm³/mol. The van der Waals surface area contributed by atoms with Gasteiger partial charge in [0.1, 0.15) is 4.60 Å². The first-order chi connectivity index (χ1) is 7.70. The van der Waals surface area contributed by atoms with Crippen molar-refractivity contribution in [2.24, 2.45) is 5.73 Å². The molecule has 0 unspecified atom stereocenters. The molecule has 1 aliphatic carbocycles. The van der Waals surface area contributed by atoms with Crippen molar-refractivity contribution in [2.45, 2.75) is 25.4 Å². The minimum atomic E-state index is 0.0236. The van der Waals surface area contributed by atoms with Gasteiger partial charge in [0.2, 0.25) is 5.91 Å². The number of carbonyl (C=O) groups excluding carboxylic acids is 1. The number of rotatable bonds is 4. The first-order valence-electron chi connectivity index (χ1n) is 5.30. The Morgan fingerprint density at radius 1 is 1.62 bits per heavy atom. The average Bonchev–Trinajstić information content (AvgIpc) is 3.09. The normalized spacial score (nSPS) is 14.9. The van der Waals surface area contributed by atoms with Gasteiger partial charge >= 0.3 is 0 Å². The van der Waals surface area contributed by atoms with Gasteiger partial charge in [-0.1, -0.05) is 0 Å². The van der Waals surface area contributed by atoms with Gasteiger partial charge in [0.25, 0.3) is 0 Å². The molecular formula is C11H14BrN3O. The zero-order valence-corrected chi connectivity index (χ0v) is 10.5. The van der Waals surface area contributed by atoms with Gasteiger partial charge in [-0.3, -0.25) is 4.79 Å². The van der Waals surface area contributed by atoms with Gasteiger partial charge in [0, 0.05) is 18.8 Å². The summed E-state index contributed by atoms with van der Waals surface area (Å²) in [5.41, 5.74) is 6.49. The number of hydrogen-bond acceptors (Lipinski definition) is 3. The third-order valence-electron chi connectivity index (χ3n) is 2.63. The van der Waals surface area contributed by atoms with E-state index in [1.54, 1.807) is 6.20 Å². The van der Waals surface area contributed by atoms with Gasteiger partial charge in [-0.2, -0.15) is 0 Å². The molecule has 0 aliphatic heterocycles. The number of amides is 1. The summed E-state index contributed by atoms with van der Waals surface area (Å²) in [5, 5.41) is 0. The highest BCUT2D eigenvalue weighted by molar-refractivity contribution is 9.10. The molecule has 4 nitrogen and oxygen atoms in total. The van der Waals surface area contributed by atoms with Crippen LogP contribution in [-0.2, 0) is 11.3 Å². The largest absolute Gasteiger partial charge is 0.334 e. The van der Waals surface area contributed by atoms with Gasteiger partial charge in [-0.05, 0) is 46.5 Å². The fourth-order valence-electron chi connectivity index (χ4n) is 1.66. The van der Waals surface area contributed by atoms with Crippen LogP contribution in [0, 0.1) is 0 Å². The van der Waals surface area contributed by atoms with Crippen LogP contribution >= 0.6 is 15.9 Å². The molecule has 1 fully saturated rings. The number of hydrogen-bond donors (Lipinski definition) is 1. The van der Waals surface area contributed by atoms with Crippen LogP contribution in [-0.4, -0.2) is 28.4 Å². The summed E-state index contributed by atoms with van der Waals surface area (Å²) in [6.07, 6.45) is 3.92. The van der Waals surface area contributed by atoms with E-state index in [1.165, 1.54) is 0 Å². The zero-order valence-electron chi connectivity index (χ0n) is 8.90. The molecule has 0 atom stereocenters. The summed E-state index contributed by atoms with van der Waals surface area (Å²) in [7, 11) is 0. The molecule has 1 heterocycles. The third kappa shape index (κ3) is 2.80. The summed E-state index contributed by atoms with van der Waals surface area (Å²) in [6.45, 7) is 0.713. The molecule has 2 rings (SSSR count). The molecule has 0 radical (unpaired) electrons. The van der Waals surface area contributed by atoms with Crippen molar-refractivity contribution in [1.29, 1.82) is 0 Å². The lowest BCUT2D eigenvalue weighted by Gasteiger charge is -2.21. The minimum Gasteiger partial charge on any atom is -0.334 e. The monoisotopic (exact) mass is 283 g/mol. The Balaban J connectivity index is 2.08. The maximum absolute atomic E-state index is 11.7. The van der Waals surface area contributed by atoms with Crippen molar-refractivity contribution in [1.82, 2.24) is 9.88 Å². The van der Waals surface area contributed by atoms with Crippen LogP contribution in [0.3, 0.4) is 0 Å². The lowest BCUT2D eigenvalue weighted by molar-refractivity contribution is -0.130. The van der Waals surface area contributed by atoms with Crippen molar-refractivity contribution in [3.63, 3.8) is 0 Å². The molecule has 0 spiro atoms. The topological polar surface area (TPSA) is 59.2 Å². The van der Waals surface area contributed by atoms with E-state index < -0.39 is 0 Å². The SMILES string of the molecule is NCC(=O)N(Cc1ccnc(Br)c1)C1CC1. The molecule has 1 amide bonds. The van der Waals surface area contributed by atoms with Crippen molar-refractivity contribution in [2.75, 3.05) is 6.54 Å². The molecule has 0 saturated heterocycles. The van der Waals surface area contributed by atoms with Crippen LogP contribution in [0.2, 0.25) is 0 Å². The number of nitrogens with zero attached hydrogens (tertiary/aromatic N) is 2. The van der Waals surface area contributed by atoms with Crippen molar-refractivity contribution < 1.29 is 4.79 Å². The Bertz CT molecular complexity index is 393. The second kappa shape index (κ2) is 4.93. The highest BCUT2D eigenvalue weighted by Crippen LogP contribution is 2.28. The molecule has 16 heavy (non-hydrogen) atoms. The molecule has 2 N–H and O–H groups in total. The third-order valence-corrected chi connectivity index (χ3v) is 3.06. The Morgan fingerprint density at radius 3 is 2.94 bits per heavy atom. The fourth-order valence-corrected chi connectivity index (χ4v) is 2.07. The number of halogens is 1. The van der Waals surface area contributed by atoms with Crippen LogP contribution in [0.1, 0.15) is 18.4 Å². The van der Waals surface area contributed by atoms with E-state index in [4.69, 9.17) is 5.73 Å². The second-order valence-corrected chi connectivity index (χ2v) is 4.76. The van der Waals surface area contributed by atoms with Crippen molar-refractivity contribution >= 4 is 21.8 Å². The maximum Gasteiger partial charge on any atom is 0.236 e. The quantitative estimate of drug-likeness (QED) is 0.848. The standard InChI is InChI=1S/C11H14BrN3O/c12-10-5-8(3-4-14-10)7-15(9-1-2-9)11(16)6-13/h3-5,9H,1-2,6-7,13H2. The van der Waals surface area contributed by atoms with Gasteiger partial charge in [0.05, 0.1) is 6.54 Å². The lowest BCUT2D eigenvalue weighted by atomic mass is 10.2.